The first-order chi connectivity index (χ1) is 8.78. The Bertz CT molecular complexity index is 367. The first-order valence-electron chi connectivity index (χ1n) is 7.02. The zero-order chi connectivity index (χ0) is 12.8. The number of nitrogens with one attached hydrogen (secondary N) is 1. The quantitative estimate of drug-likeness (QED) is 0.886. The number of benzene rings is 1. The summed E-state index contributed by atoms with van der Waals surface area (Å²) in [7, 11) is 0. The van der Waals surface area contributed by atoms with Gasteiger partial charge in [-0.25, -0.2) is 0 Å². The highest BCUT2D eigenvalue weighted by Gasteiger charge is 2.16. The van der Waals surface area contributed by atoms with E-state index in [-0.39, 0.29) is 0 Å². The Balaban J connectivity index is 1.87. The van der Waals surface area contributed by atoms with Crippen molar-refractivity contribution in [3.8, 4) is 0 Å². The molecule has 0 spiro atoms. The standard InChI is InChI=1S/C15H23ClN2/c1-2-9-18-10-4-7-14(8-11-18)17-15-6-3-5-13(16)12-15/h3,5-6,12,14,17H,2,4,7-11H2,1H3. The number of hydrogen-bond acceptors (Lipinski definition) is 2. The fourth-order valence-corrected chi connectivity index (χ4v) is 2.84. The molecule has 1 N–H and O–H groups in total. The molecule has 0 radical (unpaired) electrons. The van der Waals surface area contributed by atoms with Gasteiger partial charge in [-0.1, -0.05) is 24.6 Å². The van der Waals surface area contributed by atoms with Crippen molar-refractivity contribution in [3.63, 3.8) is 0 Å². The molecular formula is C15H23ClN2. The molecule has 1 saturated heterocycles. The van der Waals surface area contributed by atoms with Gasteiger partial charge in [0.15, 0.2) is 0 Å². The summed E-state index contributed by atoms with van der Waals surface area (Å²) in [5, 5.41) is 4.42. The van der Waals surface area contributed by atoms with Gasteiger partial charge in [0, 0.05) is 23.3 Å². The van der Waals surface area contributed by atoms with Gasteiger partial charge in [-0.05, 0) is 57.0 Å². The summed E-state index contributed by atoms with van der Waals surface area (Å²) in [6.45, 7) is 5.96. The minimum atomic E-state index is 0.588. The number of likely N-dealkylation sites (tertiary alicyclic amines) is 1. The van der Waals surface area contributed by atoms with E-state index in [1.165, 1.54) is 45.3 Å². The zero-order valence-corrected chi connectivity index (χ0v) is 11.9. The predicted molar refractivity (Wildman–Crippen MR) is 79.4 cm³/mol. The van der Waals surface area contributed by atoms with Crippen LogP contribution in [0.1, 0.15) is 32.6 Å². The summed E-state index contributed by atoms with van der Waals surface area (Å²) in [5.74, 6) is 0. The van der Waals surface area contributed by atoms with Gasteiger partial charge >= 0.3 is 0 Å². The molecule has 100 valence electrons. The van der Waals surface area contributed by atoms with Crippen molar-refractivity contribution < 1.29 is 0 Å². The van der Waals surface area contributed by atoms with E-state index in [9.17, 15) is 0 Å². The molecule has 0 bridgehead atoms. The summed E-state index contributed by atoms with van der Waals surface area (Å²) in [6, 6.07) is 8.62. The lowest BCUT2D eigenvalue weighted by Crippen LogP contribution is -2.27. The topological polar surface area (TPSA) is 15.3 Å². The summed E-state index contributed by atoms with van der Waals surface area (Å²) < 4.78 is 0. The lowest BCUT2D eigenvalue weighted by molar-refractivity contribution is 0.285. The summed E-state index contributed by atoms with van der Waals surface area (Å²) in [5.41, 5.74) is 1.15. The van der Waals surface area contributed by atoms with Crippen LogP contribution in [0.4, 0.5) is 5.69 Å². The van der Waals surface area contributed by atoms with Gasteiger partial charge < -0.3 is 10.2 Å². The maximum absolute atomic E-state index is 6.01. The van der Waals surface area contributed by atoms with Crippen LogP contribution in [-0.4, -0.2) is 30.6 Å². The smallest absolute Gasteiger partial charge is 0.0426 e. The molecule has 0 saturated carbocycles. The van der Waals surface area contributed by atoms with E-state index in [4.69, 9.17) is 11.6 Å². The van der Waals surface area contributed by atoms with E-state index >= 15 is 0 Å². The van der Waals surface area contributed by atoms with Crippen molar-refractivity contribution in [2.24, 2.45) is 0 Å². The monoisotopic (exact) mass is 266 g/mol. The minimum absolute atomic E-state index is 0.588. The minimum Gasteiger partial charge on any atom is -0.382 e. The second-order valence-electron chi connectivity index (χ2n) is 5.12. The van der Waals surface area contributed by atoms with Gasteiger partial charge in [0.2, 0.25) is 0 Å². The highest BCUT2D eigenvalue weighted by atomic mass is 35.5. The van der Waals surface area contributed by atoms with Crippen LogP contribution in [0.25, 0.3) is 0 Å². The molecule has 1 unspecified atom stereocenters. The summed E-state index contributed by atoms with van der Waals surface area (Å²) >= 11 is 6.01. The zero-order valence-electron chi connectivity index (χ0n) is 11.2. The van der Waals surface area contributed by atoms with Gasteiger partial charge in [0.05, 0.1) is 0 Å². The molecule has 1 heterocycles. The third-order valence-corrected chi connectivity index (χ3v) is 3.79. The molecule has 18 heavy (non-hydrogen) atoms. The average Bonchev–Trinajstić information content (AvgIpc) is 2.56. The van der Waals surface area contributed by atoms with Crippen molar-refractivity contribution in [2.75, 3.05) is 25.0 Å². The number of halogens is 1. The molecule has 1 fully saturated rings. The first kappa shape index (κ1) is 13.7. The van der Waals surface area contributed by atoms with E-state index in [1.807, 2.05) is 18.2 Å². The molecule has 0 amide bonds. The molecular weight excluding hydrogens is 244 g/mol. The highest BCUT2D eigenvalue weighted by Crippen LogP contribution is 2.19. The van der Waals surface area contributed by atoms with Crippen LogP contribution < -0.4 is 5.32 Å². The molecule has 1 atom stereocenters. The second kappa shape index (κ2) is 7.01. The van der Waals surface area contributed by atoms with Crippen molar-refractivity contribution in [1.82, 2.24) is 4.90 Å². The van der Waals surface area contributed by atoms with Crippen LogP contribution in [-0.2, 0) is 0 Å². The molecule has 0 aliphatic carbocycles. The van der Waals surface area contributed by atoms with Gasteiger partial charge in [-0.2, -0.15) is 0 Å². The van der Waals surface area contributed by atoms with Crippen LogP contribution in [0.15, 0.2) is 24.3 Å². The van der Waals surface area contributed by atoms with E-state index in [0.29, 0.717) is 6.04 Å². The van der Waals surface area contributed by atoms with Crippen molar-refractivity contribution in [2.45, 2.75) is 38.6 Å². The van der Waals surface area contributed by atoms with Crippen LogP contribution in [0.5, 0.6) is 0 Å². The van der Waals surface area contributed by atoms with Crippen LogP contribution in [0.2, 0.25) is 5.02 Å². The Kier molecular flexibility index (Phi) is 5.33. The Morgan fingerprint density at radius 2 is 2.22 bits per heavy atom. The van der Waals surface area contributed by atoms with Crippen molar-refractivity contribution >= 4 is 17.3 Å². The average molecular weight is 267 g/mol. The molecule has 2 nitrogen and oxygen atoms in total. The van der Waals surface area contributed by atoms with Crippen molar-refractivity contribution in [1.29, 1.82) is 0 Å². The maximum Gasteiger partial charge on any atom is 0.0426 e. The van der Waals surface area contributed by atoms with Crippen LogP contribution >= 0.6 is 11.6 Å². The largest absolute Gasteiger partial charge is 0.382 e. The summed E-state index contributed by atoms with van der Waals surface area (Å²) in [4.78, 5) is 2.58. The number of hydrogen-bond donors (Lipinski definition) is 1. The molecule has 1 aliphatic rings. The van der Waals surface area contributed by atoms with Gasteiger partial charge in [-0.3, -0.25) is 0 Å². The maximum atomic E-state index is 6.01. The molecule has 1 aliphatic heterocycles. The fraction of sp³-hybridized carbons (Fsp3) is 0.600. The molecule has 2 rings (SSSR count). The van der Waals surface area contributed by atoms with Crippen molar-refractivity contribution in [3.05, 3.63) is 29.3 Å². The Morgan fingerprint density at radius 3 is 3.00 bits per heavy atom. The predicted octanol–water partition coefficient (Wildman–Crippen LogP) is 4.02. The van der Waals surface area contributed by atoms with Crippen LogP contribution in [0, 0.1) is 0 Å². The molecule has 0 aromatic heterocycles. The normalized spacial score (nSPS) is 21.6. The fourth-order valence-electron chi connectivity index (χ4n) is 2.65. The van der Waals surface area contributed by atoms with E-state index in [2.05, 4.69) is 23.2 Å². The van der Waals surface area contributed by atoms with Crippen LogP contribution in [0.3, 0.4) is 0 Å². The Labute approximate surface area is 115 Å². The second-order valence-corrected chi connectivity index (χ2v) is 5.56. The van der Waals surface area contributed by atoms with E-state index < -0.39 is 0 Å². The highest BCUT2D eigenvalue weighted by molar-refractivity contribution is 6.30. The van der Waals surface area contributed by atoms with Gasteiger partial charge in [0.1, 0.15) is 0 Å². The lowest BCUT2D eigenvalue weighted by Gasteiger charge is -2.20. The Morgan fingerprint density at radius 1 is 1.33 bits per heavy atom. The molecule has 1 aromatic carbocycles. The van der Waals surface area contributed by atoms with E-state index in [1.54, 1.807) is 0 Å². The third-order valence-electron chi connectivity index (χ3n) is 3.56. The van der Waals surface area contributed by atoms with E-state index in [0.717, 1.165) is 10.7 Å². The molecule has 1 aromatic rings. The summed E-state index contributed by atoms with van der Waals surface area (Å²) in [6.07, 6.45) is 5.03. The van der Waals surface area contributed by atoms with Gasteiger partial charge in [-0.15, -0.1) is 0 Å². The van der Waals surface area contributed by atoms with Gasteiger partial charge in [0.25, 0.3) is 0 Å². The first-order valence-corrected chi connectivity index (χ1v) is 7.40. The number of rotatable bonds is 4. The SMILES string of the molecule is CCCN1CCCC(Nc2cccc(Cl)c2)CC1. The molecule has 3 heteroatoms. The lowest BCUT2D eigenvalue weighted by atomic mass is 10.1. The Hall–Kier alpha value is -0.730. The number of nitrogens with zero attached hydrogens (tertiary/aromatic N) is 1. The number of anilines is 1. The third kappa shape index (κ3) is 4.18.